The second-order valence-electron chi connectivity index (χ2n) is 7.47. The molecule has 0 aliphatic rings. The van der Waals surface area contributed by atoms with E-state index in [1.165, 1.54) is 134 Å². The monoisotopic (exact) mass is 337 g/mol. The Morgan fingerprint density at radius 2 is 0.565 bits per heavy atom. The van der Waals surface area contributed by atoms with Gasteiger partial charge in [0.2, 0.25) is 0 Å². The topological polar surface area (TPSA) is 0 Å². The number of hydrogen-bond donors (Lipinski definition) is 0. The van der Waals surface area contributed by atoms with Crippen LogP contribution in [-0.2, 0) is 0 Å². The smallest absolute Gasteiger partial charge is 0.0222 e. The fraction of sp³-hybridized carbons (Fsp3) is 1.00. The Balaban J connectivity index is 2.92. The first-order chi connectivity index (χ1) is 11.4. The fourth-order valence-corrected chi connectivity index (χ4v) is 3.63. The van der Waals surface area contributed by atoms with Crippen LogP contribution in [0.3, 0.4) is 0 Å². The van der Waals surface area contributed by atoms with Gasteiger partial charge in [-0.25, -0.2) is 0 Å². The van der Waals surface area contributed by atoms with Gasteiger partial charge in [0, 0.05) is 10.2 Å². The van der Waals surface area contributed by atoms with E-state index in [1.54, 1.807) is 0 Å². The standard InChI is InChI=1S/C22H45Si/c1-2-3-4-5-6-7-8-9-10-11-12-13-14-15-16-17-18-19-20-21-22-23/h2-22H2,1H3. The Bertz CT molecular complexity index is 170. The fourth-order valence-electron chi connectivity index (χ4n) is 3.38. The number of rotatable bonds is 20. The molecule has 0 aromatic carbocycles. The van der Waals surface area contributed by atoms with Gasteiger partial charge in [-0.15, -0.1) is 0 Å². The molecule has 1 heteroatoms. The van der Waals surface area contributed by atoms with Crippen molar-refractivity contribution in [3.8, 4) is 0 Å². The molecule has 0 spiro atoms. The molecular weight excluding hydrogens is 292 g/mol. The highest BCUT2D eigenvalue weighted by Crippen LogP contribution is 2.14. The third kappa shape index (κ3) is 22.2. The molecule has 3 radical (unpaired) electrons. The predicted octanol–water partition coefficient (Wildman–Crippen LogP) is 8.40. The maximum atomic E-state index is 3.55. The zero-order chi connectivity index (χ0) is 16.8. The quantitative estimate of drug-likeness (QED) is 0.154. The Hall–Kier alpha value is 0.217. The minimum atomic E-state index is 1.18. The second kappa shape index (κ2) is 22.2. The van der Waals surface area contributed by atoms with Gasteiger partial charge in [0.25, 0.3) is 0 Å². The maximum Gasteiger partial charge on any atom is 0.0222 e. The molecule has 0 amide bonds. The van der Waals surface area contributed by atoms with E-state index in [0.29, 0.717) is 0 Å². The molecule has 137 valence electrons. The van der Waals surface area contributed by atoms with E-state index >= 15 is 0 Å². The molecule has 0 heterocycles. The highest BCUT2D eigenvalue weighted by atomic mass is 28.1. The Kier molecular flexibility index (Phi) is 22.4. The van der Waals surface area contributed by atoms with Crippen molar-refractivity contribution in [3.05, 3.63) is 0 Å². The summed E-state index contributed by atoms with van der Waals surface area (Å²) in [7, 11) is 3.55. The van der Waals surface area contributed by atoms with Crippen molar-refractivity contribution in [1.82, 2.24) is 0 Å². The first-order valence-corrected chi connectivity index (χ1v) is 11.8. The van der Waals surface area contributed by atoms with Crippen molar-refractivity contribution in [3.63, 3.8) is 0 Å². The lowest BCUT2D eigenvalue weighted by Gasteiger charge is -2.04. The first-order valence-electron chi connectivity index (χ1n) is 11.1. The molecular formula is C22H45Si. The lowest BCUT2D eigenvalue weighted by Crippen LogP contribution is -1.84. The van der Waals surface area contributed by atoms with Crippen molar-refractivity contribution in [2.45, 2.75) is 141 Å². The normalized spacial score (nSPS) is 11.2. The summed E-state index contributed by atoms with van der Waals surface area (Å²) >= 11 is 0. The van der Waals surface area contributed by atoms with Gasteiger partial charge in [0.15, 0.2) is 0 Å². The molecule has 0 aliphatic heterocycles. The minimum absolute atomic E-state index is 1.18. The van der Waals surface area contributed by atoms with Gasteiger partial charge in [0.05, 0.1) is 0 Å². The molecule has 0 aromatic heterocycles. The summed E-state index contributed by atoms with van der Waals surface area (Å²) in [4.78, 5) is 0. The van der Waals surface area contributed by atoms with Gasteiger partial charge in [-0.2, -0.15) is 0 Å². The van der Waals surface area contributed by atoms with Crippen molar-refractivity contribution in [2.24, 2.45) is 0 Å². The van der Waals surface area contributed by atoms with E-state index in [4.69, 9.17) is 0 Å². The van der Waals surface area contributed by atoms with E-state index in [2.05, 4.69) is 17.2 Å². The van der Waals surface area contributed by atoms with E-state index in [1.807, 2.05) is 0 Å². The summed E-state index contributed by atoms with van der Waals surface area (Å²) in [6, 6.07) is 1.18. The zero-order valence-corrected chi connectivity index (χ0v) is 17.3. The molecule has 0 aliphatic carbocycles. The molecule has 0 atom stereocenters. The predicted molar refractivity (Wildman–Crippen MR) is 109 cm³/mol. The molecule has 23 heavy (non-hydrogen) atoms. The molecule has 0 N–H and O–H groups in total. The van der Waals surface area contributed by atoms with Crippen LogP contribution in [0.15, 0.2) is 0 Å². The Labute approximate surface area is 152 Å². The van der Waals surface area contributed by atoms with Crippen LogP contribution in [0, 0.1) is 0 Å². The molecule has 0 saturated carbocycles. The Morgan fingerprint density at radius 1 is 0.348 bits per heavy atom. The second-order valence-corrected chi connectivity index (χ2v) is 7.97. The molecule has 0 rings (SSSR count). The lowest BCUT2D eigenvalue weighted by atomic mass is 10.0. The molecule has 0 aromatic rings. The van der Waals surface area contributed by atoms with Crippen molar-refractivity contribution in [2.75, 3.05) is 0 Å². The average Bonchev–Trinajstić information content (AvgIpc) is 2.57. The number of hydrogen-bond acceptors (Lipinski definition) is 0. The molecule has 0 unspecified atom stereocenters. The van der Waals surface area contributed by atoms with Gasteiger partial charge >= 0.3 is 0 Å². The SMILES string of the molecule is CCCCCCCCCCCCCCCCCCCCCC[Si]. The van der Waals surface area contributed by atoms with Crippen LogP contribution in [0.25, 0.3) is 0 Å². The Morgan fingerprint density at radius 3 is 0.783 bits per heavy atom. The van der Waals surface area contributed by atoms with Gasteiger partial charge in [-0.3, -0.25) is 0 Å². The van der Waals surface area contributed by atoms with Crippen molar-refractivity contribution < 1.29 is 0 Å². The van der Waals surface area contributed by atoms with Gasteiger partial charge in [0.1, 0.15) is 0 Å². The summed E-state index contributed by atoms with van der Waals surface area (Å²) in [5.74, 6) is 0. The van der Waals surface area contributed by atoms with Crippen LogP contribution in [-0.4, -0.2) is 10.2 Å². The third-order valence-corrected chi connectivity index (χ3v) is 5.38. The minimum Gasteiger partial charge on any atom is -0.0654 e. The van der Waals surface area contributed by atoms with Crippen LogP contribution in [0.1, 0.15) is 135 Å². The summed E-state index contributed by atoms with van der Waals surface area (Å²) in [5, 5.41) is 0. The lowest BCUT2D eigenvalue weighted by molar-refractivity contribution is 0.523. The van der Waals surface area contributed by atoms with Crippen LogP contribution in [0.5, 0.6) is 0 Å². The summed E-state index contributed by atoms with van der Waals surface area (Å²) in [6.07, 6.45) is 29.3. The van der Waals surface area contributed by atoms with Crippen LogP contribution in [0.2, 0.25) is 6.04 Å². The summed E-state index contributed by atoms with van der Waals surface area (Å²) in [5.41, 5.74) is 0. The van der Waals surface area contributed by atoms with Crippen LogP contribution < -0.4 is 0 Å². The van der Waals surface area contributed by atoms with E-state index in [9.17, 15) is 0 Å². The zero-order valence-electron chi connectivity index (χ0n) is 16.3. The summed E-state index contributed by atoms with van der Waals surface area (Å²) in [6.45, 7) is 2.30. The van der Waals surface area contributed by atoms with Gasteiger partial charge < -0.3 is 0 Å². The van der Waals surface area contributed by atoms with Crippen molar-refractivity contribution >= 4 is 10.2 Å². The largest absolute Gasteiger partial charge is 0.0654 e. The van der Waals surface area contributed by atoms with Crippen LogP contribution >= 0.6 is 0 Å². The average molecular weight is 338 g/mol. The molecule has 0 nitrogen and oxygen atoms in total. The maximum absolute atomic E-state index is 3.55. The summed E-state index contributed by atoms with van der Waals surface area (Å²) < 4.78 is 0. The van der Waals surface area contributed by atoms with Gasteiger partial charge in [-0.1, -0.05) is 141 Å². The molecule has 0 saturated heterocycles. The van der Waals surface area contributed by atoms with E-state index < -0.39 is 0 Å². The van der Waals surface area contributed by atoms with E-state index in [-0.39, 0.29) is 0 Å². The van der Waals surface area contributed by atoms with E-state index in [0.717, 1.165) is 0 Å². The third-order valence-electron chi connectivity index (χ3n) is 5.03. The first kappa shape index (κ1) is 23.2. The molecule has 0 fully saturated rings. The van der Waals surface area contributed by atoms with Crippen molar-refractivity contribution in [1.29, 1.82) is 0 Å². The highest BCUT2D eigenvalue weighted by Gasteiger charge is 1.95. The van der Waals surface area contributed by atoms with Gasteiger partial charge in [-0.05, 0) is 0 Å². The number of unbranched alkanes of at least 4 members (excludes halogenated alkanes) is 19. The van der Waals surface area contributed by atoms with Crippen LogP contribution in [0.4, 0.5) is 0 Å². The highest BCUT2D eigenvalue weighted by molar-refractivity contribution is 6.08. The molecule has 0 bridgehead atoms.